The first kappa shape index (κ1) is 20.2. The lowest BCUT2D eigenvalue weighted by atomic mass is 10.0. The summed E-state index contributed by atoms with van der Waals surface area (Å²) in [6.45, 7) is 6.50. The fourth-order valence-electron chi connectivity index (χ4n) is 2.81. The number of allylic oxidation sites excluding steroid dienone is 1. The van der Waals surface area contributed by atoms with Gasteiger partial charge >= 0.3 is 0 Å². The lowest BCUT2D eigenvalue weighted by Gasteiger charge is -2.13. The van der Waals surface area contributed by atoms with E-state index in [9.17, 15) is 4.39 Å². The Morgan fingerprint density at radius 1 is 1.17 bits per heavy atom. The van der Waals surface area contributed by atoms with Crippen molar-refractivity contribution in [3.8, 4) is 16.9 Å². The molecule has 1 N–H and O–H groups in total. The number of aromatic nitrogens is 2. The van der Waals surface area contributed by atoms with Crippen molar-refractivity contribution in [2.45, 2.75) is 6.92 Å². The molecule has 0 spiro atoms. The highest BCUT2D eigenvalue weighted by atomic mass is 19.1. The Bertz CT molecular complexity index is 1090. The molecule has 1 aromatic heterocycles. The maximum Gasteiger partial charge on any atom is 0.145 e. The van der Waals surface area contributed by atoms with E-state index in [0.717, 1.165) is 27.8 Å². The molecule has 0 saturated carbocycles. The van der Waals surface area contributed by atoms with Gasteiger partial charge in [0.05, 0.1) is 7.11 Å². The first-order chi connectivity index (χ1) is 14.0. The number of hydrogen-bond acceptors (Lipinski definition) is 5. The molecule has 3 rings (SSSR count). The Morgan fingerprint density at radius 2 is 1.93 bits per heavy atom. The van der Waals surface area contributed by atoms with Gasteiger partial charge in [-0.15, -0.1) is 0 Å². The Labute approximate surface area is 169 Å². The molecular weight excluding hydrogens is 367 g/mol. The minimum atomic E-state index is -0.276. The van der Waals surface area contributed by atoms with E-state index in [0.29, 0.717) is 23.6 Å². The van der Waals surface area contributed by atoms with Gasteiger partial charge in [0.25, 0.3) is 0 Å². The predicted molar refractivity (Wildman–Crippen MR) is 117 cm³/mol. The second kappa shape index (κ2) is 9.10. The maximum atomic E-state index is 13.3. The van der Waals surface area contributed by atoms with E-state index in [1.165, 1.54) is 18.5 Å². The van der Waals surface area contributed by atoms with Gasteiger partial charge in [0.1, 0.15) is 29.2 Å². The van der Waals surface area contributed by atoms with Crippen LogP contribution in [0, 0.1) is 5.82 Å². The molecule has 0 atom stereocenters. The second-order valence-corrected chi connectivity index (χ2v) is 6.51. The van der Waals surface area contributed by atoms with E-state index in [1.54, 1.807) is 26.3 Å². The zero-order chi connectivity index (χ0) is 20.8. The monoisotopic (exact) mass is 390 g/mol. The average Bonchev–Trinajstić information content (AvgIpc) is 2.75. The molecule has 6 heteroatoms. The average molecular weight is 390 g/mol. The van der Waals surface area contributed by atoms with E-state index >= 15 is 0 Å². The van der Waals surface area contributed by atoms with Gasteiger partial charge in [-0.1, -0.05) is 24.8 Å². The van der Waals surface area contributed by atoms with Crippen LogP contribution in [-0.2, 0) is 0 Å². The van der Waals surface area contributed by atoms with E-state index in [1.807, 2.05) is 31.2 Å². The van der Waals surface area contributed by atoms with Crippen LogP contribution in [0.25, 0.3) is 22.0 Å². The summed E-state index contributed by atoms with van der Waals surface area (Å²) in [4.78, 5) is 12.9. The van der Waals surface area contributed by atoms with Crippen molar-refractivity contribution in [2.75, 3.05) is 26.0 Å². The molecule has 0 unspecified atom stereocenters. The molecular formula is C23H23FN4O. The summed E-state index contributed by atoms with van der Waals surface area (Å²) in [5.74, 6) is 1.02. The molecule has 0 fully saturated rings. The molecule has 2 aromatic carbocycles. The topological polar surface area (TPSA) is 59.4 Å². The van der Waals surface area contributed by atoms with Crippen LogP contribution in [0.4, 0.5) is 10.2 Å². The molecule has 0 aliphatic rings. The molecule has 0 aliphatic carbocycles. The van der Waals surface area contributed by atoms with Gasteiger partial charge in [-0.2, -0.15) is 0 Å². The van der Waals surface area contributed by atoms with Gasteiger partial charge in [0.2, 0.25) is 0 Å². The Morgan fingerprint density at radius 3 is 2.62 bits per heavy atom. The fraction of sp³-hybridized carbons (Fsp3) is 0.174. The first-order valence-corrected chi connectivity index (χ1v) is 9.13. The third-order valence-corrected chi connectivity index (χ3v) is 4.50. The summed E-state index contributed by atoms with van der Waals surface area (Å²) in [6.07, 6.45) is 5.33. The summed E-state index contributed by atoms with van der Waals surface area (Å²) < 4.78 is 18.8. The summed E-state index contributed by atoms with van der Waals surface area (Å²) in [5, 5.41) is 4.13. The third kappa shape index (κ3) is 4.85. The van der Waals surface area contributed by atoms with Gasteiger partial charge in [-0.3, -0.25) is 4.99 Å². The first-order valence-electron chi connectivity index (χ1n) is 9.13. The second-order valence-electron chi connectivity index (χ2n) is 6.51. The van der Waals surface area contributed by atoms with Gasteiger partial charge < -0.3 is 10.1 Å². The number of hydrogen-bond donors (Lipinski definition) is 1. The van der Waals surface area contributed by atoms with Gasteiger partial charge in [0, 0.05) is 24.7 Å². The summed E-state index contributed by atoms with van der Waals surface area (Å²) >= 11 is 0. The van der Waals surface area contributed by atoms with Gasteiger partial charge in [-0.05, 0) is 54.0 Å². The quantitative estimate of drug-likeness (QED) is 0.452. The number of anilines is 1. The highest BCUT2D eigenvalue weighted by molar-refractivity contribution is 5.96. The van der Waals surface area contributed by atoms with Crippen molar-refractivity contribution in [1.82, 2.24) is 9.97 Å². The van der Waals surface area contributed by atoms with Crippen LogP contribution in [0.5, 0.6) is 5.75 Å². The molecule has 5 nitrogen and oxygen atoms in total. The van der Waals surface area contributed by atoms with E-state index < -0.39 is 0 Å². The number of benzene rings is 2. The number of fused-ring (bicyclic) bond motifs is 1. The molecule has 0 amide bonds. The fourth-order valence-corrected chi connectivity index (χ4v) is 2.81. The minimum Gasteiger partial charge on any atom is -0.494 e. The van der Waals surface area contributed by atoms with Crippen LogP contribution in [0.2, 0.25) is 0 Å². The predicted octanol–water partition coefficient (Wildman–Crippen LogP) is 5.06. The Balaban J connectivity index is 1.95. The minimum absolute atomic E-state index is 0.276. The SMILES string of the molecule is C=C(/C=C\C(C)=NC)CNc1ncnc2c(OC)cc(-c3ccc(F)cc3)cc12. The van der Waals surface area contributed by atoms with Crippen LogP contribution in [-0.4, -0.2) is 36.4 Å². The lowest BCUT2D eigenvalue weighted by Crippen LogP contribution is -2.06. The van der Waals surface area contributed by atoms with E-state index in [-0.39, 0.29) is 5.82 Å². The van der Waals surface area contributed by atoms with Crippen molar-refractivity contribution >= 4 is 22.4 Å². The van der Waals surface area contributed by atoms with Crippen LogP contribution < -0.4 is 10.1 Å². The van der Waals surface area contributed by atoms with Crippen molar-refractivity contribution in [3.05, 3.63) is 72.8 Å². The molecule has 3 aromatic rings. The smallest absolute Gasteiger partial charge is 0.145 e. The highest BCUT2D eigenvalue weighted by Crippen LogP contribution is 2.34. The zero-order valence-electron chi connectivity index (χ0n) is 16.7. The van der Waals surface area contributed by atoms with E-state index in [4.69, 9.17) is 4.74 Å². The van der Waals surface area contributed by atoms with Crippen LogP contribution >= 0.6 is 0 Å². The van der Waals surface area contributed by atoms with Crippen molar-refractivity contribution in [1.29, 1.82) is 0 Å². The number of ether oxygens (including phenoxy) is 1. The lowest BCUT2D eigenvalue weighted by molar-refractivity contribution is 0.419. The summed E-state index contributed by atoms with van der Waals surface area (Å²) in [6, 6.07) is 10.2. The molecule has 0 saturated heterocycles. The summed E-state index contributed by atoms with van der Waals surface area (Å²) in [7, 11) is 3.35. The number of aliphatic imine (C=N–C) groups is 1. The normalized spacial score (nSPS) is 11.8. The number of nitrogens with one attached hydrogen (secondary N) is 1. The standard InChI is InChI=1S/C23H23FN4O/c1-15(5-6-16(2)25-3)13-26-23-20-11-18(17-7-9-19(24)10-8-17)12-21(29-4)22(20)27-14-28-23/h5-12,14H,1,13H2,2-4H3,(H,26,27,28)/b6-5-,25-16?. The molecule has 1 heterocycles. The summed E-state index contributed by atoms with van der Waals surface area (Å²) in [5.41, 5.74) is 4.28. The molecule has 148 valence electrons. The molecule has 0 aliphatic heterocycles. The molecule has 0 radical (unpaired) electrons. The van der Waals surface area contributed by atoms with Gasteiger partial charge in [0.15, 0.2) is 0 Å². The van der Waals surface area contributed by atoms with Crippen LogP contribution in [0.15, 0.2) is 72.0 Å². The third-order valence-electron chi connectivity index (χ3n) is 4.50. The van der Waals surface area contributed by atoms with Crippen molar-refractivity contribution in [2.24, 2.45) is 4.99 Å². The van der Waals surface area contributed by atoms with Crippen molar-refractivity contribution < 1.29 is 9.13 Å². The number of halogens is 1. The number of methoxy groups -OCH3 is 1. The Hall–Kier alpha value is -3.54. The van der Waals surface area contributed by atoms with Crippen LogP contribution in [0.1, 0.15) is 6.92 Å². The Kier molecular flexibility index (Phi) is 6.34. The molecule has 29 heavy (non-hydrogen) atoms. The molecule has 0 bridgehead atoms. The number of rotatable bonds is 7. The van der Waals surface area contributed by atoms with E-state index in [2.05, 4.69) is 26.9 Å². The largest absolute Gasteiger partial charge is 0.494 e. The zero-order valence-corrected chi connectivity index (χ0v) is 16.7. The number of nitrogens with zero attached hydrogens (tertiary/aromatic N) is 3. The highest BCUT2D eigenvalue weighted by Gasteiger charge is 2.12. The van der Waals surface area contributed by atoms with Crippen molar-refractivity contribution in [3.63, 3.8) is 0 Å². The maximum absolute atomic E-state index is 13.3. The van der Waals surface area contributed by atoms with Gasteiger partial charge in [-0.25, -0.2) is 14.4 Å². The van der Waals surface area contributed by atoms with Crippen LogP contribution in [0.3, 0.4) is 0 Å².